The van der Waals surface area contributed by atoms with Crippen LogP contribution < -0.4 is 5.32 Å². The molecule has 1 aromatic heterocycles. The van der Waals surface area contributed by atoms with Crippen LogP contribution in [0.25, 0.3) is 0 Å². The number of nitrogens with one attached hydrogen (secondary N) is 1. The molecule has 2 heterocycles. The van der Waals surface area contributed by atoms with E-state index in [0.29, 0.717) is 16.8 Å². The van der Waals surface area contributed by atoms with E-state index in [1.165, 1.54) is 0 Å². The molecule has 1 unspecified atom stereocenters. The van der Waals surface area contributed by atoms with Crippen molar-refractivity contribution in [3.05, 3.63) is 12.0 Å². The van der Waals surface area contributed by atoms with Gasteiger partial charge in [-0.05, 0) is 20.8 Å². The van der Waals surface area contributed by atoms with Gasteiger partial charge in [-0.3, -0.25) is 0 Å². The third kappa shape index (κ3) is 1.68. The van der Waals surface area contributed by atoms with Crippen LogP contribution in [0.1, 0.15) is 19.5 Å². The molecule has 0 aromatic carbocycles. The van der Waals surface area contributed by atoms with E-state index < -0.39 is 0 Å². The Hall–Kier alpha value is -0.640. The average molecular weight is 198 g/mol. The standard InChI is InChI=1S/C9H14N2OS/c1-6-4-12-8(10-6)11-7-5-13-9(7,2)3/h4,7H,5H2,1-3H3,(H,10,11). The Balaban J connectivity index is 1.99. The average Bonchev–Trinajstić information content (AvgIpc) is 2.46. The van der Waals surface area contributed by atoms with E-state index in [-0.39, 0.29) is 0 Å². The second-order valence-corrected chi connectivity index (χ2v) is 5.58. The largest absolute Gasteiger partial charge is 0.432 e. The van der Waals surface area contributed by atoms with Gasteiger partial charge in [-0.15, -0.1) is 0 Å². The molecule has 0 amide bonds. The van der Waals surface area contributed by atoms with Gasteiger partial charge in [-0.1, -0.05) is 0 Å². The van der Waals surface area contributed by atoms with Gasteiger partial charge in [-0.2, -0.15) is 16.7 Å². The zero-order valence-electron chi connectivity index (χ0n) is 8.13. The highest BCUT2D eigenvalue weighted by atomic mass is 32.2. The second kappa shape index (κ2) is 2.94. The van der Waals surface area contributed by atoms with Crippen LogP contribution >= 0.6 is 11.8 Å². The minimum absolute atomic E-state index is 0.308. The molecule has 0 saturated carbocycles. The number of nitrogens with zero attached hydrogens (tertiary/aromatic N) is 1. The molecule has 0 radical (unpaired) electrons. The monoisotopic (exact) mass is 198 g/mol. The van der Waals surface area contributed by atoms with Gasteiger partial charge in [0.15, 0.2) is 0 Å². The lowest BCUT2D eigenvalue weighted by Crippen LogP contribution is -2.50. The fourth-order valence-electron chi connectivity index (χ4n) is 1.28. The molecule has 13 heavy (non-hydrogen) atoms. The Morgan fingerprint density at radius 3 is 2.85 bits per heavy atom. The summed E-state index contributed by atoms with van der Waals surface area (Å²) in [6.45, 7) is 6.39. The summed E-state index contributed by atoms with van der Waals surface area (Å²) in [6, 6.07) is 1.13. The first-order valence-electron chi connectivity index (χ1n) is 4.40. The molecule has 1 aliphatic heterocycles. The quantitative estimate of drug-likeness (QED) is 0.791. The summed E-state index contributed by atoms with van der Waals surface area (Å²) in [5.74, 6) is 1.13. The number of hydrogen-bond donors (Lipinski definition) is 1. The Morgan fingerprint density at radius 1 is 1.69 bits per heavy atom. The number of aryl methyl sites for hydroxylation is 1. The predicted octanol–water partition coefficient (Wildman–Crippen LogP) is 2.29. The van der Waals surface area contributed by atoms with Gasteiger partial charge in [0.2, 0.25) is 0 Å². The molecular weight excluding hydrogens is 184 g/mol. The molecule has 0 bridgehead atoms. The van der Waals surface area contributed by atoms with Crippen molar-refractivity contribution < 1.29 is 4.42 Å². The third-order valence-corrected chi connectivity index (χ3v) is 3.91. The van der Waals surface area contributed by atoms with Crippen molar-refractivity contribution in [2.75, 3.05) is 11.1 Å². The molecule has 1 N–H and O–H groups in total. The molecule has 1 saturated heterocycles. The molecule has 1 fully saturated rings. The summed E-state index contributed by atoms with van der Waals surface area (Å²) in [7, 11) is 0. The first-order valence-corrected chi connectivity index (χ1v) is 5.39. The molecule has 3 nitrogen and oxygen atoms in total. The number of hydrogen-bond acceptors (Lipinski definition) is 4. The Labute approximate surface area is 82.3 Å². The van der Waals surface area contributed by atoms with Crippen molar-refractivity contribution in [2.45, 2.75) is 31.6 Å². The maximum Gasteiger partial charge on any atom is 0.295 e. The normalized spacial score (nSPS) is 25.3. The first kappa shape index (κ1) is 8.94. The summed E-state index contributed by atoms with van der Waals surface area (Å²) in [5.41, 5.74) is 0.923. The number of rotatable bonds is 2. The summed E-state index contributed by atoms with van der Waals surface area (Å²) in [4.78, 5) is 4.21. The summed E-state index contributed by atoms with van der Waals surface area (Å²) in [5, 5.41) is 3.29. The van der Waals surface area contributed by atoms with E-state index in [0.717, 1.165) is 11.4 Å². The minimum Gasteiger partial charge on any atom is -0.432 e. The van der Waals surface area contributed by atoms with E-state index in [9.17, 15) is 0 Å². The van der Waals surface area contributed by atoms with Gasteiger partial charge in [0.05, 0.1) is 11.7 Å². The molecule has 1 atom stereocenters. The van der Waals surface area contributed by atoms with Crippen LogP contribution in [0.2, 0.25) is 0 Å². The highest BCUT2D eigenvalue weighted by molar-refractivity contribution is 8.02. The van der Waals surface area contributed by atoms with Gasteiger partial charge >= 0.3 is 0 Å². The Kier molecular flexibility index (Phi) is 2.02. The molecule has 0 aliphatic carbocycles. The Morgan fingerprint density at radius 2 is 2.46 bits per heavy atom. The molecule has 4 heteroatoms. The van der Waals surface area contributed by atoms with Crippen molar-refractivity contribution >= 4 is 17.8 Å². The van der Waals surface area contributed by atoms with Crippen molar-refractivity contribution in [1.29, 1.82) is 0 Å². The van der Waals surface area contributed by atoms with Crippen LogP contribution in [0, 0.1) is 6.92 Å². The zero-order valence-corrected chi connectivity index (χ0v) is 8.94. The molecule has 0 spiro atoms. The van der Waals surface area contributed by atoms with Gasteiger partial charge in [0.1, 0.15) is 6.26 Å². The third-order valence-electron chi connectivity index (χ3n) is 2.38. The van der Waals surface area contributed by atoms with Gasteiger partial charge in [0.25, 0.3) is 6.01 Å². The lowest BCUT2D eigenvalue weighted by molar-refractivity contribution is 0.521. The van der Waals surface area contributed by atoms with Gasteiger partial charge < -0.3 is 9.73 Å². The maximum atomic E-state index is 5.23. The van der Waals surface area contributed by atoms with Crippen molar-refractivity contribution in [3.63, 3.8) is 0 Å². The number of aromatic nitrogens is 1. The van der Waals surface area contributed by atoms with E-state index in [2.05, 4.69) is 24.1 Å². The van der Waals surface area contributed by atoms with E-state index in [1.807, 2.05) is 18.7 Å². The minimum atomic E-state index is 0.308. The van der Waals surface area contributed by atoms with E-state index in [1.54, 1.807) is 6.26 Å². The van der Waals surface area contributed by atoms with Crippen molar-refractivity contribution in [3.8, 4) is 0 Å². The Bertz CT molecular complexity index is 308. The zero-order chi connectivity index (χ0) is 9.47. The SMILES string of the molecule is Cc1coc(NC2CSC2(C)C)n1. The molecule has 1 aliphatic rings. The summed E-state index contributed by atoms with van der Waals surface area (Å²) in [6.07, 6.45) is 1.67. The van der Waals surface area contributed by atoms with Gasteiger partial charge in [-0.25, -0.2) is 0 Å². The van der Waals surface area contributed by atoms with E-state index >= 15 is 0 Å². The van der Waals surface area contributed by atoms with Crippen LogP contribution in [-0.4, -0.2) is 21.5 Å². The maximum absolute atomic E-state index is 5.23. The van der Waals surface area contributed by atoms with Gasteiger partial charge in [0, 0.05) is 10.5 Å². The number of oxazole rings is 1. The lowest BCUT2D eigenvalue weighted by Gasteiger charge is -2.43. The van der Waals surface area contributed by atoms with Crippen LogP contribution in [0.5, 0.6) is 0 Å². The number of thioether (sulfide) groups is 1. The lowest BCUT2D eigenvalue weighted by atomic mass is 10.0. The molecular formula is C9H14N2OS. The fraction of sp³-hybridized carbons (Fsp3) is 0.667. The second-order valence-electron chi connectivity index (χ2n) is 3.91. The molecule has 1 aromatic rings. The predicted molar refractivity (Wildman–Crippen MR) is 55.2 cm³/mol. The van der Waals surface area contributed by atoms with Crippen molar-refractivity contribution in [2.24, 2.45) is 0 Å². The first-order chi connectivity index (χ1) is 6.08. The van der Waals surface area contributed by atoms with Crippen LogP contribution in [0.15, 0.2) is 10.7 Å². The topological polar surface area (TPSA) is 38.1 Å². The highest BCUT2D eigenvalue weighted by Crippen LogP contribution is 2.41. The van der Waals surface area contributed by atoms with Crippen LogP contribution in [0.4, 0.5) is 6.01 Å². The molecule has 2 rings (SSSR count). The smallest absolute Gasteiger partial charge is 0.295 e. The number of anilines is 1. The summed E-state index contributed by atoms with van der Waals surface area (Å²) < 4.78 is 5.54. The van der Waals surface area contributed by atoms with E-state index in [4.69, 9.17) is 4.42 Å². The van der Waals surface area contributed by atoms with Crippen molar-refractivity contribution in [1.82, 2.24) is 4.98 Å². The highest BCUT2D eigenvalue weighted by Gasteiger charge is 2.40. The van der Waals surface area contributed by atoms with Crippen LogP contribution in [0.3, 0.4) is 0 Å². The van der Waals surface area contributed by atoms with Crippen LogP contribution in [-0.2, 0) is 0 Å². The summed E-state index contributed by atoms with van der Waals surface area (Å²) >= 11 is 1.96. The fourth-order valence-corrected chi connectivity index (χ4v) is 2.43. The molecule has 72 valence electrons.